The predicted octanol–water partition coefficient (Wildman–Crippen LogP) is 2.79. The number of aromatic nitrogens is 1. The van der Waals surface area contributed by atoms with Gasteiger partial charge < -0.3 is 9.72 Å². The Kier molecular flexibility index (Phi) is 2.44. The quantitative estimate of drug-likeness (QED) is 0.696. The number of fused-ring (bicyclic) bond motifs is 3. The average Bonchev–Trinajstić information content (AvgIpc) is 2.87. The van der Waals surface area contributed by atoms with Crippen molar-refractivity contribution in [3.05, 3.63) is 81.6 Å². The number of hydrogen-bond donors (Lipinski definition) is 1. The van der Waals surface area contributed by atoms with Gasteiger partial charge in [0.15, 0.2) is 6.10 Å². The molecule has 2 aromatic carbocycles. The second-order valence-electron chi connectivity index (χ2n) is 4.98. The molecule has 0 saturated carbocycles. The van der Waals surface area contributed by atoms with E-state index in [1.165, 1.54) is 0 Å². The third-order valence-corrected chi connectivity index (χ3v) is 3.76. The van der Waals surface area contributed by atoms with Crippen LogP contribution in [0.4, 0.5) is 0 Å². The van der Waals surface area contributed by atoms with Gasteiger partial charge in [0.05, 0.1) is 0 Å². The number of carbonyl (C=O) groups excluding carboxylic acids is 1. The molecule has 2 heterocycles. The Hall–Kier alpha value is -2.88. The molecule has 0 saturated heterocycles. The standard InChI is InChI=1S/C17H11NO3/c19-16-14-13(11-8-4-5-9-12(11)18-16)15(21-17(14)20)10-6-2-1-3-7-10/h1-9,15H,(H,18,19). The molecule has 4 nitrogen and oxygen atoms in total. The number of cyclic esters (lactones) is 1. The molecule has 21 heavy (non-hydrogen) atoms. The summed E-state index contributed by atoms with van der Waals surface area (Å²) in [5.41, 5.74) is 1.95. The van der Waals surface area contributed by atoms with Crippen molar-refractivity contribution < 1.29 is 9.53 Å². The van der Waals surface area contributed by atoms with Crippen molar-refractivity contribution in [2.24, 2.45) is 0 Å². The van der Waals surface area contributed by atoms with Crippen LogP contribution >= 0.6 is 0 Å². The molecule has 0 aliphatic carbocycles. The third-order valence-electron chi connectivity index (χ3n) is 3.76. The SMILES string of the molecule is O=C1OC(c2ccccc2)c2c1c(=O)[nH]c1ccccc21. The summed E-state index contributed by atoms with van der Waals surface area (Å²) in [5.74, 6) is -0.564. The Bertz CT molecular complexity index is 912. The fourth-order valence-corrected chi connectivity index (χ4v) is 2.83. The van der Waals surface area contributed by atoms with Crippen LogP contribution in [0.1, 0.15) is 27.6 Å². The molecule has 1 N–H and O–H groups in total. The van der Waals surface area contributed by atoms with Crippen molar-refractivity contribution in [1.82, 2.24) is 4.98 Å². The summed E-state index contributed by atoms with van der Waals surface area (Å²) in [6.07, 6.45) is -0.527. The van der Waals surface area contributed by atoms with Gasteiger partial charge in [-0.15, -0.1) is 0 Å². The Balaban J connectivity index is 2.08. The van der Waals surface area contributed by atoms with Crippen molar-refractivity contribution in [2.75, 3.05) is 0 Å². The number of esters is 1. The minimum atomic E-state index is -0.564. The predicted molar refractivity (Wildman–Crippen MR) is 78.3 cm³/mol. The highest BCUT2D eigenvalue weighted by molar-refractivity contribution is 6.00. The van der Waals surface area contributed by atoms with Gasteiger partial charge in [0, 0.05) is 16.5 Å². The summed E-state index contributed by atoms with van der Waals surface area (Å²) in [7, 11) is 0. The fourth-order valence-electron chi connectivity index (χ4n) is 2.83. The first-order valence-corrected chi connectivity index (χ1v) is 6.66. The summed E-state index contributed by atoms with van der Waals surface area (Å²) in [5, 5.41) is 0.840. The Labute approximate surface area is 120 Å². The molecule has 0 fully saturated rings. The van der Waals surface area contributed by atoms with E-state index in [-0.39, 0.29) is 5.56 Å². The van der Waals surface area contributed by atoms with E-state index in [2.05, 4.69) is 4.98 Å². The Morgan fingerprint density at radius 2 is 1.62 bits per heavy atom. The Morgan fingerprint density at radius 1 is 0.905 bits per heavy atom. The zero-order chi connectivity index (χ0) is 14.4. The van der Waals surface area contributed by atoms with Crippen molar-refractivity contribution in [3.63, 3.8) is 0 Å². The first-order chi connectivity index (χ1) is 10.3. The first kappa shape index (κ1) is 11.9. The molecule has 4 heteroatoms. The molecule has 102 valence electrons. The maximum absolute atomic E-state index is 12.2. The summed E-state index contributed by atoms with van der Waals surface area (Å²) < 4.78 is 5.45. The van der Waals surface area contributed by atoms with Gasteiger partial charge in [0.1, 0.15) is 5.56 Å². The number of ether oxygens (including phenoxy) is 1. The second-order valence-corrected chi connectivity index (χ2v) is 4.98. The summed E-state index contributed by atoms with van der Waals surface area (Å²) >= 11 is 0. The van der Waals surface area contributed by atoms with Gasteiger partial charge in [0.2, 0.25) is 0 Å². The van der Waals surface area contributed by atoms with E-state index in [9.17, 15) is 9.59 Å². The van der Waals surface area contributed by atoms with E-state index in [4.69, 9.17) is 4.74 Å². The summed E-state index contributed by atoms with van der Waals surface area (Å²) in [4.78, 5) is 27.0. The van der Waals surface area contributed by atoms with Crippen LogP contribution in [0.2, 0.25) is 0 Å². The minimum absolute atomic E-state index is 0.113. The van der Waals surface area contributed by atoms with Crippen LogP contribution in [0.15, 0.2) is 59.4 Å². The molecule has 1 unspecified atom stereocenters. The number of nitrogens with one attached hydrogen (secondary N) is 1. The number of benzene rings is 2. The zero-order valence-corrected chi connectivity index (χ0v) is 11.0. The van der Waals surface area contributed by atoms with Gasteiger partial charge in [-0.3, -0.25) is 4.79 Å². The van der Waals surface area contributed by atoms with E-state index in [0.29, 0.717) is 11.1 Å². The van der Waals surface area contributed by atoms with Gasteiger partial charge in [-0.25, -0.2) is 4.79 Å². The molecule has 0 bridgehead atoms. The lowest BCUT2D eigenvalue weighted by atomic mass is 9.96. The van der Waals surface area contributed by atoms with Crippen LogP contribution < -0.4 is 5.56 Å². The Morgan fingerprint density at radius 3 is 2.43 bits per heavy atom. The summed E-state index contributed by atoms with van der Waals surface area (Å²) in [6, 6.07) is 16.9. The molecule has 1 aliphatic heterocycles. The van der Waals surface area contributed by atoms with E-state index < -0.39 is 17.6 Å². The van der Waals surface area contributed by atoms with Gasteiger partial charge in [-0.1, -0.05) is 48.5 Å². The van der Waals surface area contributed by atoms with Crippen molar-refractivity contribution in [3.8, 4) is 0 Å². The molecule has 0 radical (unpaired) electrons. The van der Waals surface area contributed by atoms with Crippen LogP contribution in [-0.2, 0) is 4.74 Å². The van der Waals surface area contributed by atoms with Crippen LogP contribution in [-0.4, -0.2) is 11.0 Å². The number of aromatic amines is 1. The number of rotatable bonds is 1. The lowest BCUT2D eigenvalue weighted by Gasteiger charge is -2.12. The molecule has 1 aromatic heterocycles. The molecule has 3 aromatic rings. The normalized spacial score (nSPS) is 16.8. The van der Waals surface area contributed by atoms with Gasteiger partial charge in [-0.05, 0) is 11.6 Å². The lowest BCUT2D eigenvalue weighted by molar-refractivity contribution is 0.0456. The van der Waals surface area contributed by atoms with E-state index in [1.54, 1.807) is 0 Å². The van der Waals surface area contributed by atoms with Crippen LogP contribution in [0.5, 0.6) is 0 Å². The number of pyridine rings is 1. The van der Waals surface area contributed by atoms with Crippen LogP contribution in [0, 0.1) is 0 Å². The molecule has 1 atom stereocenters. The molecular weight excluding hydrogens is 266 g/mol. The number of hydrogen-bond acceptors (Lipinski definition) is 3. The monoisotopic (exact) mass is 277 g/mol. The highest BCUT2D eigenvalue weighted by atomic mass is 16.5. The zero-order valence-electron chi connectivity index (χ0n) is 11.0. The molecule has 0 amide bonds. The average molecular weight is 277 g/mol. The maximum Gasteiger partial charge on any atom is 0.345 e. The molecular formula is C17H11NO3. The number of para-hydroxylation sites is 1. The van der Waals surface area contributed by atoms with Crippen LogP contribution in [0.25, 0.3) is 10.9 Å². The smallest absolute Gasteiger partial charge is 0.345 e. The van der Waals surface area contributed by atoms with Crippen molar-refractivity contribution >= 4 is 16.9 Å². The molecule has 1 aliphatic rings. The minimum Gasteiger partial charge on any atom is -0.449 e. The van der Waals surface area contributed by atoms with Crippen molar-refractivity contribution in [2.45, 2.75) is 6.10 Å². The van der Waals surface area contributed by atoms with Gasteiger partial charge >= 0.3 is 5.97 Å². The highest BCUT2D eigenvalue weighted by Gasteiger charge is 2.36. The topological polar surface area (TPSA) is 59.2 Å². The van der Waals surface area contributed by atoms with Crippen LogP contribution in [0.3, 0.4) is 0 Å². The molecule has 4 rings (SSSR count). The second kappa shape index (κ2) is 4.31. The number of H-pyrrole nitrogens is 1. The molecule has 0 spiro atoms. The number of carbonyl (C=O) groups is 1. The van der Waals surface area contributed by atoms with E-state index >= 15 is 0 Å². The first-order valence-electron chi connectivity index (χ1n) is 6.66. The third kappa shape index (κ3) is 1.69. The van der Waals surface area contributed by atoms with E-state index in [1.807, 2.05) is 54.6 Å². The fraction of sp³-hybridized carbons (Fsp3) is 0.0588. The van der Waals surface area contributed by atoms with E-state index in [0.717, 1.165) is 10.9 Å². The van der Waals surface area contributed by atoms with Crippen molar-refractivity contribution in [1.29, 1.82) is 0 Å². The van der Waals surface area contributed by atoms with Gasteiger partial charge in [-0.2, -0.15) is 0 Å². The lowest BCUT2D eigenvalue weighted by Crippen LogP contribution is -2.16. The summed E-state index contributed by atoms with van der Waals surface area (Å²) in [6.45, 7) is 0. The van der Waals surface area contributed by atoms with Gasteiger partial charge in [0.25, 0.3) is 5.56 Å². The largest absolute Gasteiger partial charge is 0.449 e. The highest BCUT2D eigenvalue weighted by Crippen LogP contribution is 2.37. The maximum atomic E-state index is 12.2.